The van der Waals surface area contributed by atoms with Crippen molar-refractivity contribution in [3.8, 4) is 11.5 Å². The Bertz CT molecular complexity index is 1010. The van der Waals surface area contributed by atoms with Gasteiger partial charge in [0.2, 0.25) is 5.91 Å². The first-order chi connectivity index (χ1) is 14.2. The first-order valence-electron chi connectivity index (χ1n) is 9.80. The number of imidazole rings is 1. The molecule has 0 bridgehead atoms. The number of aromatic nitrogens is 2. The van der Waals surface area contributed by atoms with Crippen LogP contribution in [0, 0.1) is 0 Å². The van der Waals surface area contributed by atoms with E-state index in [-0.39, 0.29) is 11.8 Å². The summed E-state index contributed by atoms with van der Waals surface area (Å²) in [5.41, 5.74) is 2.01. The van der Waals surface area contributed by atoms with Crippen LogP contribution in [-0.4, -0.2) is 47.2 Å². The number of ether oxygens (including phenoxy) is 2. The van der Waals surface area contributed by atoms with Crippen LogP contribution >= 0.6 is 0 Å². The summed E-state index contributed by atoms with van der Waals surface area (Å²) in [6.45, 7) is 6.17. The maximum Gasteiger partial charge on any atom is 0.223 e. The summed E-state index contributed by atoms with van der Waals surface area (Å²) in [6, 6.07) is 15.6. The largest absolute Gasteiger partial charge is 0.497 e. The molecule has 2 aromatic carbocycles. The van der Waals surface area contributed by atoms with Crippen LogP contribution in [-0.2, 0) is 11.3 Å². The van der Waals surface area contributed by atoms with Gasteiger partial charge in [-0.1, -0.05) is 18.2 Å². The number of hydrogen-bond acceptors (Lipinski definition) is 4. The molecule has 4 rings (SSSR count). The number of amides is 1. The van der Waals surface area contributed by atoms with Gasteiger partial charge >= 0.3 is 0 Å². The van der Waals surface area contributed by atoms with E-state index in [2.05, 4.69) is 17.2 Å². The molecule has 1 fully saturated rings. The summed E-state index contributed by atoms with van der Waals surface area (Å²) in [6.07, 6.45) is 2.25. The second-order valence-corrected chi connectivity index (χ2v) is 7.12. The highest BCUT2D eigenvalue weighted by Crippen LogP contribution is 2.30. The monoisotopic (exact) mass is 391 g/mol. The minimum Gasteiger partial charge on any atom is -0.497 e. The van der Waals surface area contributed by atoms with E-state index in [0.717, 1.165) is 28.4 Å². The van der Waals surface area contributed by atoms with Crippen molar-refractivity contribution in [1.82, 2.24) is 14.5 Å². The van der Waals surface area contributed by atoms with Crippen LogP contribution < -0.4 is 9.47 Å². The topological polar surface area (TPSA) is 56.6 Å². The van der Waals surface area contributed by atoms with E-state index in [4.69, 9.17) is 14.5 Å². The average molecular weight is 391 g/mol. The van der Waals surface area contributed by atoms with Crippen molar-refractivity contribution in [1.29, 1.82) is 0 Å². The molecular weight excluding hydrogens is 366 g/mol. The lowest BCUT2D eigenvalue weighted by molar-refractivity contribution is -0.127. The third-order valence-electron chi connectivity index (χ3n) is 5.26. The van der Waals surface area contributed by atoms with Crippen molar-refractivity contribution < 1.29 is 14.3 Å². The van der Waals surface area contributed by atoms with E-state index < -0.39 is 0 Å². The van der Waals surface area contributed by atoms with Crippen molar-refractivity contribution in [3.05, 3.63) is 67.0 Å². The predicted octanol–water partition coefficient (Wildman–Crippen LogP) is 3.63. The Morgan fingerprint density at radius 2 is 1.93 bits per heavy atom. The van der Waals surface area contributed by atoms with Gasteiger partial charge in [0, 0.05) is 25.4 Å². The van der Waals surface area contributed by atoms with Crippen molar-refractivity contribution in [3.63, 3.8) is 0 Å². The standard InChI is InChI=1S/C23H25N3O3/c1-3-12-25-16-17(15-22(25)27)23-24-20-6-4-5-7-21(20)26(23)13-14-29-19-10-8-18(28-2)9-11-19/h3-11,17H,1,12-16H2,2H3/t17-/m0/s1. The number of hydrogen-bond donors (Lipinski definition) is 0. The van der Waals surface area contributed by atoms with Gasteiger partial charge in [0.1, 0.15) is 23.9 Å². The zero-order valence-corrected chi connectivity index (χ0v) is 16.6. The minimum absolute atomic E-state index is 0.0795. The molecule has 2 heterocycles. The normalized spacial score (nSPS) is 16.4. The van der Waals surface area contributed by atoms with Crippen LogP contribution in [0.5, 0.6) is 11.5 Å². The fraction of sp³-hybridized carbons (Fsp3) is 0.304. The molecular formula is C23H25N3O3. The van der Waals surface area contributed by atoms with Crippen LogP contribution in [0.1, 0.15) is 18.2 Å². The fourth-order valence-corrected chi connectivity index (χ4v) is 3.84. The third-order valence-corrected chi connectivity index (χ3v) is 5.26. The lowest BCUT2D eigenvalue weighted by Gasteiger charge is -2.16. The molecule has 1 aromatic heterocycles. The Morgan fingerprint density at radius 1 is 1.17 bits per heavy atom. The summed E-state index contributed by atoms with van der Waals surface area (Å²) >= 11 is 0. The second-order valence-electron chi connectivity index (χ2n) is 7.12. The number of rotatable bonds is 8. The SMILES string of the molecule is C=CCN1C[C@@H](c2nc3ccccc3n2CCOc2ccc(OC)cc2)CC1=O. The summed E-state index contributed by atoms with van der Waals surface area (Å²) in [4.78, 5) is 19.0. The molecule has 1 aliphatic heterocycles. The number of benzene rings is 2. The molecule has 0 aliphatic carbocycles. The molecule has 0 N–H and O–H groups in total. The van der Waals surface area contributed by atoms with Crippen molar-refractivity contribution in [2.75, 3.05) is 26.8 Å². The van der Waals surface area contributed by atoms with E-state index in [1.807, 2.05) is 47.4 Å². The van der Waals surface area contributed by atoms with E-state index in [0.29, 0.717) is 32.7 Å². The molecule has 0 saturated carbocycles. The Hall–Kier alpha value is -3.28. The summed E-state index contributed by atoms with van der Waals surface area (Å²) < 4.78 is 13.3. The molecule has 3 aromatic rings. The zero-order chi connectivity index (χ0) is 20.2. The molecule has 1 saturated heterocycles. The molecule has 6 nitrogen and oxygen atoms in total. The molecule has 0 radical (unpaired) electrons. The van der Waals surface area contributed by atoms with Crippen LogP contribution in [0.2, 0.25) is 0 Å². The lowest BCUT2D eigenvalue weighted by atomic mass is 10.1. The van der Waals surface area contributed by atoms with Gasteiger partial charge in [-0.15, -0.1) is 6.58 Å². The van der Waals surface area contributed by atoms with Gasteiger partial charge in [0.25, 0.3) is 0 Å². The Morgan fingerprint density at radius 3 is 2.69 bits per heavy atom. The molecule has 6 heteroatoms. The van der Waals surface area contributed by atoms with Crippen molar-refractivity contribution in [2.24, 2.45) is 0 Å². The smallest absolute Gasteiger partial charge is 0.223 e. The third kappa shape index (κ3) is 3.97. The lowest BCUT2D eigenvalue weighted by Crippen LogP contribution is -2.25. The molecule has 1 atom stereocenters. The molecule has 1 aliphatic rings. The average Bonchev–Trinajstić information content (AvgIpc) is 3.29. The van der Waals surface area contributed by atoms with Gasteiger partial charge < -0.3 is 18.9 Å². The van der Waals surface area contributed by atoms with Gasteiger partial charge in [-0.25, -0.2) is 4.98 Å². The predicted molar refractivity (Wildman–Crippen MR) is 112 cm³/mol. The number of likely N-dealkylation sites (tertiary alicyclic amines) is 1. The Balaban J connectivity index is 1.53. The maximum absolute atomic E-state index is 12.3. The zero-order valence-electron chi connectivity index (χ0n) is 16.6. The highest BCUT2D eigenvalue weighted by molar-refractivity contribution is 5.81. The number of carbonyl (C=O) groups is 1. The Labute approximate surface area is 170 Å². The summed E-state index contributed by atoms with van der Waals surface area (Å²) in [5.74, 6) is 2.78. The quantitative estimate of drug-likeness (QED) is 0.550. The minimum atomic E-state index is 0.0795. The summed E-state index contributed by atoms with van der Waals surface area (Å²) in [5, 5.41) is 0. The fourth-order valence-electron chi connectivity index (χ4n) is 3.84. The second kappa shape index (κ2) is 8.39. The maximum atomic E-state index is 12.3. The number of para-hydroxylation sites is 2. The number of fused-ring (bicyclic) bond motifs is 1. The van der Waals surface area contributed by atoms with Gasteiger partial charge in [0.15, 0.2) is 0 Å². The first-order valence-corrected chi connectivity index (χ1v) is 9.80. The number of methoxy groups -OCH3 is 1. The van der Waals surface area contributed by atoms with E-state index in [9.17, 15) is 4.79 Å². The van der Waals surface area contributed by atoms with Gasteiger partial charge in [-0.2, -0.15) is 0 Å². The van der Waals surface area contributed by atoms with Crippen molar-refractivity contribution in [2.45, 2.75) is 18.9 Å². The molecule has 29 heavy (non-hydrogen) atoms. The van der Waals surface area contributed by atoms with Crippen LogP contribution in [0.4, 0.5) is 0 Å². The van der Waals surface area contributed by atoms with E-state index in [1.165, 1.54) is 0 Å². The van der Waals surface area contributed by atoms with Crippen LogP contribution in [0.3, 0.4) is 0 Å². The first kappa shape index (κ1) is 19.1. The van der Waals surface area contributed by atoms with E-state index >= 15 is 0 Å². The van der Waals surface area contributed by atoms with E-state index in [1.54, 1.807) is 13.2 Å². The molecule has 0 spiro atoms. The number of carbonyl (C=O) groups excluding carboxylic acids is 1. The number of nitrogens with zero attached hydrogens (tertiary/aromatic N) is 3. The van der Waals surface area contributed by atoms with Gasteiger partial charge in [-0.3, -0.25) is 4.79 Å². The van der Waals surface area contributed by atoms with Gasteiger partial charge in [0.05, 0.1) is 24.7 Å². The molecule has 1 amide bonds. The molecule has 0 unspecified atom stereocenters. The van der Waals surface area contributed by atoms with Crippen LogP contribution in [0.15, 0.2) is 61.2 Å². The highest BCUT2D eigenvalue weighted by atomic mass is 16.5. The highest BCUT2D eigenvalue weighted by Gasteiger charge is 2.33. The van der Waals surface area contributed by atoms with Crippen molar-refractivity contribution >= 4 is 16.9 Å². The van der Waals surface area contributed by atoms with Crippen LogP contribution in [0.25, 0.3) is 11.0 Å². The summed E-state index contributed by atoms with van der Waals surface area (Å²) in [7, 11) is 1.64. The Kier molecular flexibility index (Phi) is 5.51. The molecule has 150 valence electrons. The van der Waals surface area contributed by atoms with Gasteiger partial charge in [-0.05, 0) is 36.4 Å².